The molecular formula is C19H34N4O7S. The van der Waals surface area contributed by atoms with Gasteiger partial charge in [0.1, 0.15) is 24.1 Å². The summed E-state index contributed by atoms with van der Waals surface area (Å²) in [6.07, 6.45) is 2.25. The number of piperidine rings is 1. The number of amides is 2. The first-order valence-corrected chi connectivity index (χ1v) is 12.2. The summed E-state index contributed by atoms with van der Waals surface area (Å²) in [7, 11) is -3.59. The Morgan fingerprint density at radius 1 is 1.35 bits per heavy atom. The number of carbonyl (C=O) groups excluding carboxylic acids is 2. The fourth-order valence-corrected chi connectivity index (χ4v) is 4.15. The van der Waals surface area contributed by atoms with Crippen LogP contribution in [0, 0.1) is 11.3 Å². The molecular weight excluding hydrogens is 428 g/mol. The van der Waals surface area contributed by atoms with Crippen LogP contribution in [0.4, 0.5) is 9.59 Å². The number of rotatable bonds is 8. The van der Waals surface area contributed by atoms with E-state index >= 15 is 0 Å². The monoisotopic (exact) mass is 462 g/mol. The van der Waals surface area contributed by atoms with E-state index in [1.165, 1.54) is 9.80 Å². The van der Waals surface area contributed by atoms with Crippen LogP contribution >= 0.6 is 0 Å². The van der Waals surface area contributed by atoms with E-state index in [2.05, 4.69) is 0 Å². The molecule has 2 amide bonds. The molecule has 0 aromatic carbocycles. The van der Waals surface area contributed by atoms with Crippen molar-refractivity contribution in [1.29, 1.82) is 5.41 Å². The zero-order valence-electron chi connectivity index (χ0n) is 18.6. The highest BCUT2D eigenvalue weighted by Gasteiger charge is 2.36. The van der Waals surface area contributed by atoms with E-state index in [1.807, 2.05) is 0 Å². The van der Waals surface area contributed by atoms with E-state index in [0.29, 0.717) is 19.5 Å². The van der Waals surface area contributed by atoms with Crippen molar-refractivity contribution in [2.75, 3.05) is 32.5 Å². The van der Waals surface area contributed by atoms with Crippen molar-refractivity contribution in [3.05, 3.63) is 0 Å². The van der Waals surface area contributed by atoms with Gasteiger partial charge in [-0.05, 0) is 52.4 Å². The first-order chi connectivity index (χ1) is 14.2. The largest absolute Gasteiger partial charge is 0.444 e. The van der Waals surface area contributed by atoms with Gasteiger partial charge in [0, 0.05) is 13.1 Å². The number of amidine groups is 1. The Balaban J connectivity index is 1.80. The molecule has 3 unspecified atom stereocenters. The highest BCUT2D eigenvalue weighted by atomic mass is 32.2. The smallest absolute Gasteiger partial charge is 0.410 e. The molecule has 0 bridgehead atoms. The van der Waals surface area contributed by atoms with Crippen molar-refractivity contribution in [3.63, 3.8) is 0 Å². The fraction of sp³-hybridized carbons (Fsp3) is 0.842. The number of likely N-dealkylation sites (tertiary alicyclic amines) is 1. The average molecular weight is 463 g/mol. The second-order valence-electron chi connectivity index (χ2n) is 9.12. The summed E-state index contributed by atoms with van der Waals surface area (Å²) in [5.41, 5.74) is 5.13. The molecule has 2 saturated heterocycles. The Hall–Kier alpha value is -2.08. The number of nitrogens with two attached hydrogens (primary N) is 1. The molecule has 2 rings (SSSR count). The zero-order valence-corrected chi connectivity index (χ0v) is 19.4. The molecule has 0 saturated carbocycles. The third-order valence-electron chi connectivity index (χ3n) is 5.16. The molecule has 2 aliphatic rings. The summed E-state index contributed by atoms with van der Waals surface area (Å²) in [6.45, 7) is 6.41. The van der Waals surface area contributed by atoms with Crippen molar-refractivity contribution in [2.24, 2.45) is 11.7 Å². The van der Waals surface area contributed by atoms with Crippen molar-refractivity contribution in [1.82, 2.24) is 9.80 Å². The minimum Gasteiger partial charge on any atom is -0.444 e. The molecule has 12 heteroatoms. The van der Waals surface area contributed by atoms with Gasteiger partial charge in [0.05, 0.1) is 18.8 Å². The number of hydrogen-bond donors (Lipinski definition) is 2. The lowest BCUT2D eigenvalue weighted by Gasteiger charge is -2.39. The minimum atomic E-state index is -3.59. The van der Waals surface area contributed by atoms with Crippen LogP contribution in [0.1, 0.15) is 46.5 Å². The topological polar surface area (TPSA) is 152 Å². The van der Waals surface area contributed by atoms with Crippen LogP contribution in [0.5, 0.6) is 0 Å². The number of carbonyl (C=O) groups is 2. The molecule has 2 heterocycles. The van der Waals surface area contributed by atoms with Gasteiger partial charge in [-0.1, -0.05) is 0 Å². The van der Waals surface area contributed by atoms with Crippen LogP contribution in [-0.2, 0) is 23.8 Å². The van der Waals surface area contributed by atoms with Gasteiger partial charge in [-0.3, -0.25) is 14.5 Å². The lowest BCUT2D eigenvalue weighted by molar-refractivity contribution is 0.0119. The highest BCUT2D eigenvalue weighted by molar-refractivity contribution is 7.85. The lowest BCUT2D eigenvalue weighted by Crippen LogP contribution is -2.53. The van der Waals surface area contributed by atoms with Crippen LogP contribution in [0.25, 0.3) is 0 Å². The molecule has 178 valence electrons. The molecule has 2 fully saturated rings. The van der Waals surface area contributed by atoms with Gasteiger partial charge in [-0.25, -0.2) is 9.59 Å². The number of nitrogens with one attached hydrogen (secondary N) is 1. The third kappa shape index (κ3) is 8.17. The maximum absolute atomic E-state index is 12.5. The molecule has 11 nitrogen and oxygen atoms in total. The summed E-state index contributed by atoms with van der Waals surface area (Å²) in [6, 6.07) is -0.497. The summed E-state index contributed by atoms with van der Waals surface area (Å²) in [5.74, 6) is 0.197. The predicted molar refractivity (Wildman–Crippen MR) is 113 cm³/mol. The number of hydrogen-bond acceptors (Lipinski definition) is 8. The van der Waals surface area contributed by atoms with Crippen LogP contribution in [0.2, 0.25) is 0 Å². The van der Waals surface area contributed by atoms with Gasteiger partial charge in [0.2, 0.25) is 0 Å². The van der Waals surface area contributed by atoms with Gasteiger partial charge >= 0.3 is 12.2 Å². The van der Waals surface area contributed by atoms with Crippen molar-refractivity contribution < 1.29 is 31.7 Å². The predicted octanol–water partition coefficient (Wildman–Crippen LogP) is 1.52. The van der Waals surface area contributed by atoms with Gasteiger partial charge < -0.3 is 20.1 Å². The molecule has 0 aliphatic carbocycles. The molecule has 3 atom stereocenters. The van der Waals surface area contributed by atoms with Gasteiger partial charge in [-0.2, -0.15) is 8.42 Å². The fourth-order valence-electron chi connectivity index (χ4n) is 3.75. The first kappa shape index (κ1) is 25.2. The number of nitrogens with zero attached hydrogens (tertiary/aromatic N) is 2. The summed E-state index contributed by atoms with van der Waals surface area (Å²) in [4.78, 5) is 27.5. The van der Waals surface area contributed by atoms with Crippen LogP contribution in [0.3, 0.4) is 0 Å². The minimum absolute atomic E-state index is 0.0626. The van der Waals surface area contributed by atoms with E-state index in [9.17, 15) is 18.0 Å². The van der Waals surface area contributed by atoms with Crippen LogP contribution < -0.4 is 5.73 Å². The normalized spacial score (nSPS) is 24.8. The van der Waals surface area contributed by atoms with Crippen molar-refractivity contribution in [2.45, 2.75) is 64.2 Å². The summed E-state index contributed by atoms with van der Waals surface area (Å²) in [5, 5.41) is 7.88. The Morgan fingerprint density at radius 2 is 2.03 bits per heavy atom. The molecule has 0 aromatic rings. The SMILES string of the molecule is CC(C)(C)OC(=O)N1CCC(CCCN2CC(COS(C)(=O)=O)OC2=O)CC1C(=N)N. The highest BCUT2D eigenvalue weighted by Crippen LogP contribution is 2.28. The second-order valence-corrected chi connectivity index (χ2v) is 10.8. The average Bonchev–Trinajstić information content (AvgIpc) is 2.98. The molecule has 31 heavy (non-hydrogen) atoms. The second kappa shape index (κ2) is 10.0. The number of ether oxygens (including phenoxy) is 2. The Labute approximate surface area is 183 Å². The van der Waals surface area contributed by atoms with Crippen LogP contribution in [-0.4, -0.2) is 86.5 Å². The maximum atomic E-state index is 12.5. The molecule has 3 N–H and O–H groups in total. The quantitative estimate of drug-likeness (QED) is 0.313. The standard InChI is InChI=1S/C19H34N4O7S/c1-19(2,3)30-18(25)23-9-7-13(10-15(23)16(20)21)6-5-8-22-11-14(29-17(22)24)12-28-31(4,26)27/h13-15H,5-12H2,1-4H3,(H3,20,21). The van der Waals surface area contributed by atoms with Crippen molar-refractivity contribution >= 4 is 28.1 Å². The van der Waals surface area contributed by atoms with E-state index in [0.717, 1.165) is 25.5 Å². The van der Waals surface area contributed by atoms with Crippen molar-refractivity contribution in [3.8, 4) is 0 Å². The zero-order chi connectivity index (χ0) is 23.4. The van der Waals surface area contributed by atoms with E-state index in [4.69, 9.17) is 24.8 Å². The third-order valence-corrected chi connectivity index (χ3v) is 5.72. The maximum Gasteiger partial charge on any atom is 0.410 e. The summed E-state index contributed by atoms with van der Waals surface area (Å²) < 4.78 is 37.4. The lowest BCUT2D eigenvalue weighted by atomic mass is 9.87. The Bertz CT molecular complexity index is 781. The molecule has 2 aliphatic heterocycles. The molecule has 0 aromatic heterocycles. The van der Waals surface area contributed by atoms with E-state index in [-0.39, 0.29) is 24.9 Å². The Kier molecular flexibility index (Phi) is 8.15. The molecule has 0 spiro atoms. The number of cyclic esters (lactones) is 1. The van der Waals surface area contributed by atoms with Crippen LogP contribution in [0.15, 0.2) is 0 Å². The van der Waals surface area contributed by atoms with Gasteiger partial charge in [0.25, 0.3) is 10.1 Å². The van der Waals surface area contributed by atoms with E-state index < -0.39 is 40.1 Å². The Morgan fingerprint density at radius 3 is 2.61 bits per heavy atom. The van der Waals surface area contributed by atoms with E-state index in [1.54, 1.807) is 20.8 Å². The summed E-state index contributed by atoms with van der Waals surface area (Å²) >= 11 is 0. The first-order valence-electron chi connectivity index (χ1n) is 10.4. The van der Waals surface area contributed by atoms with Gasteiger partial charge in [0.15, 0.2) is 0 Å². The molecule has 0 radical (unpaired) electrons. The van der Waals surface area contributed by atoms with Gasteiger partial charge in [-0.15, -0.1) is 0 Å².